The highest BCUT2D eigenvalue weighted by atomic mass is 79.9. The fourth-order valence-electron chi connectivity index (χ4n) is 2.43. The van der Waals surface area contributed by atoms with Crippen LogP contribution >= 0.6 is 15.9 Å². The Morgan fingerprint density at radius 2 is 2.10 bits per heavy atom. The van der Waals surface area contributed by atoms with E-state index in [-0.39, 0.29) is 29.7 Å². The van der Waals surface area contributed by atoms with E-state index in [4.69, 9.17) is 9.84 Å². The second-order valence-electron chi connectivity index (χ2n) is 5.04. The zero-order chi connectivity index (χ0) is 15.8. The Hall–Kier alpha value is -1.12. The van der Waals surface area contributed by atoms with Gasteiger partial charge >= 0.3 is 5.97 Å². The van der Waals surface area contributed by atoms with Gasteiger partial charge in [0.1, 0.15) is 10.6 Å². The molecule has 1 fully saturated rings. The van der Waals surface area contributed by atoms with Gasteiger partial charge in [0.2, 0.25) is 10.0 Å². The zero-order valence-corrected chi connectivity index (χ0v) is 14.0. The normalized spacial score (nSPS) is 23.2. The molecule has 1 aromatic carbocycles. The fourth-order valence-corrected chi connectivity index (χ4v) is 4.69. The van der Waals surface area contributed by atoms with Crippen molar-refractivity contribution in [3.05, 3.63) is 22.7 Å². The number of aliphatic carboxylic acids is 1. The molecule has 0 aromatic heterocycles. The van der Waals surface area contributed by atoms with E-state index in [1.807, 2.05) is 0 Å². The second-order valence-corrected chi connectivity index (χ2v) is 7.86. The molecule has 1 aliphatic heterocycles. The summed E-state index contributed by atoms with van der Waals surface area (Å²) >= 11 is 3.24. The van der Waals surface area contributed by atoms with Crippen molar-refractivity contribution in [3.8, 4) is 5.75 Å². The third-order valence-electron chi connectivity index (χ3n) is 3.64. The van der Waals surface area contributed by atoms with Crippen LogP contribution in [0, 0.1) is 11.8 Å². The minimum absolute atomic E-state index is 0.0193. The van der Waals surface area contributed by atoms with Crippen molar-refractivity contribution in [2.75, 3.05) is 20.2 Å². The lowest BCUT2D eigenvalue weighted by molar-refractivity contribution is -0.142. The van der Waals surface area contributed by atoms with E-state index in [0.717, 1.165) is 0 Å². The van der Waals surface area contributed by atoms with Crippen molar-refractivity contribution in [1.82, 2.24) is 4.31 Å². The first-order chi connectivity index (χ1) is 9.77. The number of hydrogen-bond donors (Lipinski definition) is 1. The summed E-state index contributed by atoms with van der Waals surface area (Å²) in [5, 5.41) is 9.13. The monoisotopic (exact) mass is 377 g/mol. The van der Waals surface area contributed by atoms with Crippen molar-refractivity contribution in [2.45, 2.75) is 11.8 Å². The molecule has 0 amide bonds. The molecule has 1 N–H and O–H groups in total. The number of nitrogens with zero attached hydrogens (tertiary/aromatic N) is 1. The number of hydrogen-bond acceptors (Lipinski definition) is 4. The molecule has 1 heterocycles. The molecular formula is C13H16BrNO5S. The molecule has 21 heavy (non-hydrogen) atoms. The van der Waals surface area contributed by atoms with Crippen LogP contribution in [0.25, 0.3) is 0 Å². The first-order valence-corrected chi connectivity index (χ1v) is 8.57. The van der Waals surface area contributed by atoms with Gasteiger partial charge in [-0.2, -0.15) is 4.31 Å². The molecule has 0 saturated carbocycles. The standard InChI is InChI=1S/C13H16BrNO5S/c1-8-6-15(7-10(8)13(16)17)21(18,19)12-5-9(14)3-4-11(12)20-2/h3-5,8,10H,6-7H2,1-2H3,(H,16,17)/t8-,10-/m1/s1. The van der Waals surface area contributed by atoms with E-state index in [0.29, 0.717) is 4.47 Å². The molecule has 116 valence electrons. The van der Waals surface area contributed by atoms with Gasteiger partial charge in [0.05, 0.1) is 13.0 Å². The Morgan fingerprint density at radius 1 is 1.43 bits per heavy atom. The number of ether oxygens (including phenoxy) is 1. The maximum atomic E-state index is 12.7. The summed E-state index contributed by atoms with van der Waals surface area (Å²) in [7, 11) is -2.39. The van der Waals surface area contributed by atoms with Gasteiger partial charge in [-0.05, 0) is 24.1 Å². The maximum Gasteiger partial charge on any atom is 0.308 e. The minimum atomic E-state index is -3.79. The topological polar surface area (TPSA) is 83.9 Å². The van der Waals surface area contributed by atoms with Crippen molar-refractivity contribution in [1.29, 1.82) is 0 Å². The number of carbonyl (C=O) groups is 1. The Kier molecular flexibility index (Phi) is 4.60. The summed E-state index contributed by atoms with van der Waals surface area (Å²) in [6.45, 7) is 1.91. The number of rotatable bonds is 4. The molecule has 6 nitrogen and oxygen atoms in total. The van der Waals surface area contributed by atoms with Crippen LogP contribution in [0.4, 0.5) is 0 Å². The van der Waals surface area contributed by atoms with Crippen LogP contribution in [0.5, 0.6) is 5.75 Å². The van der Waals surface area contributed by atoms with Gasteiger partial charge in [-0.25, -0.2) is 8.42 Å². The lowest BCUT2D eigenvalue weighted by Gasteiger charge is -2.18. The Bertz CT molecular complexity index is 661. The predicted molar refractivity (Wildman–Crippen MR) is 79.7 cm³/mol. The summed E-state index contributed by atoms with van der Waals surface area (Å²) in [5.74, 6) is -1.64. The highest BCUT2D eigenvalue weighted by Gasteiger charge is 2.41. The molecule has 0 bridgehead atoms. The number of sulfonamides is 1. The highest BCUT2D eigenvalue weighted by Crippen LogP contribution is 2.34. The van der Waals surface area contributed by atoms with Gasteiger partial charge in [0, 0.05) is 17.6 Å². The maximum absolute atomic E-state index is 12.7. The fraction of sp³-hybridized carbons (Fsp3) is 0.462. The Balaban J connectivity index is 2.40. The van der Waals surface area contributed by atoms with E-state index >= 15 is 0 Å². The molecular weight excluding hydrogens is 362 g/mol. The summed E-state index contributed by atoms with van der Waals surface area (Å²) in [6.07, 6.45) is 0. The lowest BCUT2D eigenvalue weighted by Crippen LogP contribution is -2.30. The first-order valence-electron chi connectivity index (χ1n) is 6.34. The second kappa shape index (κ2) is 5.94. The quantitative estimate of drug-likeness (QED) is 0.864. The van der Waals surface area contributed by atoms with Gasteiger partial charge in [0.15, 0.2) is 0 Å². The third kappa shape index (κ3) is 3.07. The average Bonchev–Trinajstić information content (AvgIpc) is 2.81. The van der Waals surface area contributed by atoms with Gasteiger partial charge in [0.25, 0.3) is 0 Å². The Labute approximate surface area is 131 Å². The molecule has 1 aliphatic rings. The van der Waals surface area contributed by atoms with E-state index in [1.54, 1.807) is 19.1 Å². The highest BCUT2D eigenvalue weighted by molar-refractivity contribution is 9.10. The molecule has 2 atom stereocenters. The number of benzene rings is 1. The van der Waals surface area contributed by atoms with E-state index in [2.05, 4.69) is 15.9 Å². The van der Waals surface area contributed by atoms with Gasteiger partial charge < -0.3 is 9.84 Å². The largest absolute Gasteiger partial charge is 0.495 e. The van der Waals surface area contributed by atoms with Crippen molar-refractivity contribution in [3.63, 3.8) is 0 Å². The van der Waals surface area contributed by atoms with Gasteiger partial charge in [-0.1, -0.05) is 22.9 Å². The van der Waals surface area contributed by atoms with Crippen LogP contribution in [-0.2, 0) is 14.8 Å². The molecule has 0 aliphatic carbocycles. The number of methoxy groups -OCH3 is 1. The molecule has 0 unspecified atom stereocenters. The number of halogens is 1. The average molecular weight is 378 g/mol. The SMILES string of the molecule is COc1ccc(Br)cc1S(=O)(=O)N1C[C@@H](C)[C@H](C(=O)O)C1. The lowest BCUT2D eigenvalue weighted by atomic mass is 9.99. The van der Waals surface area contributed by atoms with Crippen molar-refractivity contribution >= 4 is 31.9 Å². The molecule has 0 spiro atoms. The number of carboxylic acids is 1. The number of carboxylic acid groups (broad SMARTS) is 1. The molecule has 1 saturated heterocycles. The Morgan fingerprint density at radius 3 is 2.62 bits per heavy atom. The smallest absolute Gasteiger partial charge is 0.308 e. The third-order valence-corrected chi connectivity index (χ3v) is 5.99. The summed E-state index contributed by atoms with van der Waals surface area (Å²) < 4.78 is 32.4. The van der Waals surface area contributed by atoms with Crippen LogP contribution in [0.3, 0.4) is 0 Å². The minimum Gasteiger partial charge on any atom is -0.495 e. The van der Waals surface area contributed by atoms with Gasteiger partial charge in [-0.3, -0.25) is 4.79 Å². The summed E-state index contributed by atoms with van der Waals surface area (Å²) in [5.41, 5.74) is 0. The van der Waals surface area contributed by atoms with E-state index in [1.165, 1.54) is 17.5 Å². The van der Waals surface area contributed by atoms with Crippen molar-refractivity contribution < 1.29 is 23.1 Å². The van der Waals surface area contributed by atoms with Crippen molar-refractivity contribution in [2.24, 2.45) is 11.8 Å². The van der Waals surface area contributed by atoms with Crippen LogP contribution in [0.2, 0.25) is 0 Å². The predicted octanol–water partition coefficient (Wildman–Crippen LogP) is 1.80. The van der Waals surface area contributed by atoms with E-state index in [9.17, 15) is 13.2 Å². The molecule has 0 radical (unpaired) electrons. The molecule has 8 heteroatoms. The molecule has 1 aromatic rings. The van der Waals surface area contributed by atoms with Crippen LogP contribution < -0.4 is 4.74 Å². The first kappa shape index (κ1) is 16.3. The summed E-state index contributed by atoms with van der Waals surface area (Å²) in [6, 6.07) is 4.71. The van der Waals surface area contributed by atoms with Gasteiger partial charge in [-0.15, -0.1) is 0 Å². The molecule has 2 rings (SSSR count). The summed E-state index contributed by atoms with van der Waals surface area (Å²) in [4.78, 5) is 11.2. The van der Waals surface area contributed by atoms with Crippen LogP contribution in [0.15, 0.2) is 27.6 Å². The zero-order valence-electron chi connectivity index (χ0n) is 11.6. The van der Waals surface area contributed by atoms with E-state index < -0.39 is 21.9 Å². The van der Waals surface area contributed by atoms with Crippen LogP contribution in [-0.4, -0.2) is 44.0 Å². The van der Waals surface area contributed by atoms with Crippen LogP contribution in [0.1, 0.15) is 6.92 Å².